The van der Waals surface area contributed by atoms with Gasteiger partial charge in [-0.25, -0.2) is 4.98 Å². The largest absolute Gasteiger partial charge is 0.369 e. The molecule has 20 heavy (non-hydrogen) atoms. The van der Waals surface area contributed by atoms with E-state index in [-0.39, 0.29) is 0 Å². The fraction of sp³-hybridized carbons (Fsp3) is 0.733. The second-order valence-electron chi connectivity index (χ2n) is 5.33. The van der Waals surface area contributed by atoms with E-state index in [4.69, 9.17) is 9.97 Å². The fourth-order valence-corrected chi connectivity index (χ4v) is 2.66. The Bertz CT molecular complexity index is 417. The molecular formula is C15H27IN4. The lowest BCUT2D eigenvalue weighted by molar-refractivity contribution is 0.630. The van der Waals surface area contributed by atoms with Gasteiger partial charge in [-0.2, -0.15) is 4.98 Å². The minimum Gasteiger partial charge on any atom is -0.369 e. The number of nitrogens with zero attached hydrogens (tertiary/aromatic N) is 3. The first-order chi connectivity index (χ1) is 9.53. The highest BCUT2D eigenvalue weighted by atomic mass is 127. The van der Waals surface area contributed by atoms with Crippen LogP contribution in [0.3, 0.4) is 0 Å². The van der Waals surface area contributed by atoms with Crippen LogP contribution in [-0.4, -0.2) is 29.6 Å². The van der Waals surface area contributed by atoms with Crippen LogP contribution in [0.4, 0.5) is 11.8 Å². The zero-order valence-electron chi connectivity index (χ0n) is 13.3. The van der Waals surface area contributed by atoms with Crippen LogP contribution in [0.1, 0.15) is 46.7 Å². The number of halogens is 1. The van der Waals surface area contributed by atoms with Crippen LogP contribution in [-0.2, 0) is 6.42 Å². The summed E-state index contributed by atoms with van der Waals surface area (Å²) in [6.07, 6.45) is 2.09. The molecule has 114 valence electrons. The van der Waals surface area contributed by atoms with Crippen LogP contribution in [0, 0.1) is 9.49 Å². The molecule has 0 radical (unpaired) electrons. The second-order valence-corrected chi connectivity index (χ2v) is 6.41. The summed E-state index contributed by atoms with van der Waals surface area (Å²) in [4.78, 5) is 11.7. The maximum absolute atomic E-state index is 4.79. The Morgan fingerprint density at radius 3 is 2.30 bits per heavy atom. The van der Waals surface area contributed by atoms with E-state index < -0.39 is 0 Å². The Morgan fingerprint density at radius 2 is 1.80 bits per heavy atom. The Hall–Kier alpha value is -0.590. The minimum absolute atomic E-state index is 0.599. The first-order valence-corrected chi connectivity index (χ1v) is 8.66. The number of anilines is 2. The molecule has 0 fully saturated rings. The van der Waals surface area contributed by atoms with Crippen molar-refractivity contribution in [1.82, 2.24) is 9.97 Å². The summed E-state index contributed by atoms with van der Waals surface area (Å²) >= 11 is 2.37. The predicted octanol–water partition coefficient (Wildman–Crippen LogP) is 3.95. The molecule has 0 amide bonds. The lowest BCUT2D eigenvalue weighted by Crippen LogP contribution is -2.25. The van der Waals surface area contributed by atoms with Gasteiger partial charge in [0.1, 0.15) is 5.82 Å². The molecule has 0 aromatic carbocycles. The van der Waals surface area contributed by atoms with Crippen molar-refractivity contribution in [2.24, 2.45) is 5.92 Å². The van der Waals surface area contributed by atoms with E-state index in [2.05, 4.69) is 67.4 Å². The predicted molar refractivity (Wildman–Crippen MR) is 95.6 cm³/mol. The third-order valence-electron chi connectivity index (χ3n) is 3.10. The summed E-state index contributed by atoms with van der Waals surface area (Å²) in [7, 11) is 0. The van der Waals surface area contributed by atoms with Crippen molar-refractivity contribution in [2.75, 3.05) is 29.9 Å². The first-order valence-electron chi connectivity index (χ1n) is 7.58. The lowest BCUT2D eigenvalue weighted by Gasteiger charge is -2.21. The molecule has 1 aromatic heterocycles. The maximum atomic E-state index is 4.79. The topological polar surface area (TPSA) is 41.1 Å². The number of nitrogens with one attached hydrogen (secondary N) is 1. The van der Waals surface area contributed by atoms with Crippen molar-refractivity contribution < 1.29 is 0 Å². The van der Waals surface area contributed by atoms with Crippen molar-refractivity contribution >= 4 is 34.4 Å². The third-order valence-corrected chi connectivity index (χ3v) is 4.23. The number of hydrogen-bond donors (Lipinski definition) is 1. The number of aromatic nitrogens is 2. The second kappa shape index (κ2) is 8.64. The first kappa shape index (κ1) is 17.5. The Kier molecular flexibility index (Phi) is 7.55. The number of hydrogen-bond acceptors (Lipinski definition) is 4. The van der Waals surface area contributed by atoms with Gasteiger partial charge in [0, 0.05) is 19.6 Å². The van der Waals surface area contributed by atoms with Crippen molar-refractivity contribution in [3.8, 4) is 0 Å². The molecule has 0 atom stereocenters. The fourth-order valence-electron chi connectivity index (χ4n) is 2.01. The summed E-state index contributed by atoms with van der Waals surface area (Å²) in [5.74, 6) is 2.44. The quantitative estimate of drug-likeness (QED) is 0.683. The summed E-state index contributed by atoms with van der Waals surface area (Å²) < 4.78 is 1.17. The Balaban J connectivity index is 3.17. The van der Waals surface area contributed by atoms with E-state index in [0.29, 0.717) is 5.92 Å². The Labute approximate surface area is 136 Å². The highest BCUT2D eigenvalue weighted by Crippen LogP contribution is 2.24. The van der Waals surface area contributed by atoms with Gasteiger partial charge in [0.15, 0.2) is 0 Å². The van der Waals surface area contributed by atoms with E-state index in [1.807, 2.05) is 0 Å². The van der Waals surface area contributed by atoms with Gasteiger partial charge in [-0.05, 0) is 55.2 Å². The average molecular weight is 390 g/mol. The SMILES string of the molecule is CCCNc1nc(N(CC)CC)nc(CC(C)C)c1I. The maximum Gasteiger partial charge on any atom is 0.227 e. The minimum atomic E-state index is 0.599. The summed E-state index contributed by atoms with van der Waals surface area (Å²) in [5, 5.41) is 3.43. The van der Waals surface area contributed by atoms with Crippen LogP contribution in [0.5, 0.6) is 0 Å². The van der Waals surface area contributed by atoms with Gasteiger partial charge in [-0.15, -0.1) is 0 Å². The zero-order valence-corrected chi connectivity index (χ0v) is 15.5. The molecule has 0 saturated heterocycles. The van der Waals surface area contributed by atoms with Crippen LogP contribution in [0.15, 0.2) is 0 Å². The van der Waals surface area contributed by atoms with Gasteiger partial charge in [-0.3, -0.25) is 0 Å². The highest BCUT2D eigenvalue weighted by molar-refractivity contribution is 14.1. The van der Waals surface area contributed by atoms with E-state index >= 15 is 0 Å². The van der Waals surface area contributed by atoms with Gasteiger partial charge in [0.25, 0.3) is 0 Å². The van der Waals surface area contributed by atoms with Gasteiger partial charge < -0.3 is 10.2 Å². The highest BCUT2D eigenvalue weighted by Gasteiger charge is 2.15. The van der Waals surface area contributed by atoms with Crippen molar-refractivity contribution in [3.63, 3.8) is 0 Å². The van der Waals surface area contributed by atoms with Gasteiger partial charge in [-0.1, -0.05) is 20.8 Å². The number of rotatable bonds is 8. The molecule has 1 N–H and O–H groups in total. The molecule has 0 aliphatic rings. The molecular weight excluding hydrogens is 363 g/mol. The zero-order chi connectivity index (χ0) is 15.1. The molecule has 1 rings (SSSR count). The van der Waals surface area contributed by atoms with Crippen LogP contribution < -0.4 is 10.2 Å². The standard InChI is InChI=1S/C15H27IN4/c1-6-9-17-14-13(16)12(10-11(4)5)18-15(19-14)20(7-2)8-3/h11H,6-10H2,1-5H3,(H,17,18,19). The monoisotopic (exact) mass is 390 g/mol. The van der Waals surface area contributed by atoms with Gasteiger partial charge in [0.2, 0.25) is 5.95 Å². The molecule has 0 spiro atoms. The summed E-state index contributed by atoms with van der Waals surface area (Å²) in [6, 6.07) is 0. The van der Waals surface area contributed by atoms with Crippen LogP contribution in [0.25, 0.3) is 0 Å². The van der Waals surface area contributed by atoms with Gasteiger partial charge in [0.05, 0.1) is 9.26 Å². The smallest absolute Gasteiger partial charge is 0.227 e. The van der Waals surface area contributed by atoms with Crippen molar-refractivity contribution in [1.29, 1.82) is 0 Å². The van der Waals surface area contributed by atoms with Crippen LogP contribution in [0.2, 0.25) is 0 Å². The van der Waals surface area contributed by atoms with Crippen molar-refractivity contribution in [3.05, 3.63) is 9.26 Å². The van der Waals surface area contributed by atoms with E-state index in [0.717, 1.165) is 49.9 Å². The van der Waals surface area contributed by atoms with Gasteiger partial charge >= 0.3 is 0 Å². The van der Waals surface area contributed by atoms with E-state index in [1.165, 1.54) is 3.57 Å². The normalized spacial score (nSPS) is 10.9. The lowest BCUT2D eigenvalue weighted by atomic mass is 10.1. The molecule has 0 unspecified atom stereocenters. The van der Waals surface area contributed by atoms with E-state index in [9.17, 15) is 0 Å². The summed E-state index contributed by atoms with van der Waals surface area (Å²) in [5.41, 5.74) is 1.16. The molecule has 1 heterocycles. The molecule has 1 aromatic rings. The molecule has 0 bridgehead atoms. The van der Waals surface area contributed by atoms with Crippen LogP contribution >= 0.6 is 22.6 Å². The average Bonchev–Trinajstić information content (AvgIpc) is 2.41. The van der Waals surface area contributed by atoms with E-state index in [1.54, 1.807) is 0 Å². The third kappa shape index (κ3) is 4.75. The molecule has 4 nitrogen and oxygen atoms in total. The molecule has 0 aliphatic heterocycles. The molecule has 0 aliphatic carbocycles. The molecule has 5 heteroatoms. The Morgan fingerprint density at radius 1 is 1.15 bits per heavy atom. The summed E-state index contributed by atoms with van der Waals surface area (Å²) in [6.45, 7) is 13.7. The molecule has 0 saturated carbocycles. The van der Waals surface area contributed by atoms with Crippen molar-refractivity contribution in [2.45, 2.75) is 47.5 Å².